The molecule has 1 unspecified atom stereocenters. The summed E-state index contributed by atoms with van der Waals surface area (Å²) in [5.41, 5.74) is 2.86. The Bertz CT molecular complexity index is 947. The van der Waals surface area contributed by atoms with Crippen LogP contribution in [0.15, 0.2) is 60.4 Å². The van der Waals surface area contributed by atoms with Gasteiger partial charge in [-0.15, -0.1) is 0 Å². The van der Waals surface area contributed by atoms with Gasteiger partial charge >= 0.3 is 0 Å². The zero-order valence-corrected chi connectivity index (χ0v) is 15.5. The van der Waals surface area contributed by atoms with Crippen LogP contribution in [0.1, 0.15) is 37.9 Å². The van der Waals surface area contributed by atoms with Crippen LogP contribution in [0.25, 0.3) is 11.0 Å². The lowest BCUT2D eigenvalue weighted by Gasteiger charge is -2.18. The van der Waals surface area contributed by atoms with Crippen molar-refractivity contribution >= 4 is 16.8 Å². The largest absolute Gasteiger partial charge is 0.505 e. The van der Waals surface area contributed by atoms with Gasteiger partial charge in [0.25, 0.3) is 0 Å². The van der Waals surface area contributed by atoms with Crippen molar-refractivity contribution in [3.05, 3.63) is 71.5 Å². The summed E-state index contributed by atoms with van der Waals surface area (Å²) in [6, 6.07) is 14.3. The number of aliphatic hydroxyl groups is 1. The van der Waals surface area contributed by atoms with E-state index in [1.54, 1.807) is 6.08 Å². The van der Waals surface area contributed by atoms with E-state index in [0.717, 1.165) is 11.1 Å². The molecule has 0 aliphatic carbocycles. The Morgan fingerprint density at radius 1 is 1.08 bits per heavy atom. The van der Waals surface area contributed by atoms with E-state index in [2.05, 4.69) is 10.2 Å². The van der Waals surface area contributed by atoms with Crippen molar-refractivity contribution in [2.75, 3.05) is 0 Å². The highest BCUT2D eigenvalue weighted by Crippen LogP contribution is 2.25. The summed E-state index contributed by atoms with van der Waals surface area (Å²) in [7, 11) is 0. The van der Waals surface area contributed by atoms with Gasteiger partial charge in [0, 0.05) is 0 Å². The third kappa shape index (κ3) is 3.82. The van der Waals surface area contributed by atoms with Crippen molar-refractivity contribution < 1.29 is 9.90 Å². The number of nitrogens with zero attached hydrogens (tertiary/aromatic N) is 3. The van der Waals surface area contributed by atoms with E-state index in [4.69, 9.17) is 0 Å². The molecular formula is C21H23N3O2. The molecule has 1 heterocycles. The van der Waals surface area contributed by atoms with Crippen molar-refractivity contribution in [3.8, 4) is 0 Å². The topological polar surface area (TPSA) is 68.0 Å². The van der Waals surface area contributed by atoms with Gasteiger partial charge in [-0.05, 0) is 36.1 Å². The first-order chi connectivity index (χ1) is 12.2. The number of hydrogen-bond donors (Lipinski definition) is 1. The Kier molecular flexibility index (Phi) is 4.64. The fourth-order valence-corrected chi connectivity index (χ4v) is 2.84. The molecule has 0 saturated carbocycles. The average molecular weight is 349 g/mol. The predicted octanol–water partition coefficient (Wildman–Crippen LogP) is 4.39. The monoisotopic (exact) mass is 349 g/mol. The molecule has 0 bridgehead atoms. The van der Waals surface area contributed by atoms with Crippen LogP contribution in [-0.4, -0.2) is 25.9 Å². The molecular weight excluding hydrogens is 326 g/mol. The normalized spacial score (nSPS) is 13.8. The molecule has 0 spiro atoms. The first kappa shape index (κ1) is 17.9. The lowest BCUT2D eigenvalue weighted by atomic mass is 9.93. The molecule has 0 amide bonds. The van der Waals surface area contributed by atoms with Gasteiger partial charge in [-0.2, -0.15) is 15.0 Å². The number of carbonyl (C=O) groups is 1. The lowest BCUT2D eigenvalue weighted by molar-refractivity contribution is -0.120. The number of carbonyl (C=O) groups excluding carboxylic acids is 1. The van der Waals surface area contributed by atoms with E-state index in [1.807, 2.05) is 76.2 Å². The molecule has 1 atom stereocenters. The number of rotatable bonds is 4. The minimum Gasteiger partial charge on any atom is -0.505 e. The summed E-state index contributed by atoms with van der Waals surface area (Å²) in [6.45, 7) is 7.75. The number of allylic oxidation sites excluding steroid dienone is 2. The van der Waals surface area contributed by atoms with Gasteiger partial charge in [-0.1, -0.05) is 62.7 Å². The minimum absolute atomic E-state index is 0.273. The number of Topliss-reactive ketones (excluding diaryl/α,β-unsaturated/α-hetero) is 1. The highest BCUT2D eigenvalue weighted by atomic mass is 16.3. The van der Waals surface area contributed by atoms with Crippen LogP contribution in [0.4, 0.5) is 0 Å². The standard InChI is InChI=1S/C21H23N3O2/c1-14-8-7-9-15(12-14)19(20(26)18(25)13-21(2,3)4)24-22-16-10-5-6-11-17(16)23-24/h5-13,19,25H,1-4H3. The maximum absolute atomic E-state index is 13.1. The highest BCUT2D eigenvalue weighted by Gasteiger charge is 2.29. The average Bonchev–Trinajstić information content (AvgIpc) is 2.96. The maximum Gasteiger partial charge on any atom is 0.227 e. The summed E-state index contributed by atoms with van der Waals surface area (Å²) in [4.78, 5) is 14.5. The van der Waals surface area contributed by atoms with E-state index in [0.29, 0.717) is 11.0 Å². The van der Waals surface area contributed by atoms with Crippen molar-refractivity contribution in [2.45, 2.75) is 33.7 Å². The van der Waals surface area contributed by atoms with Crippen LogP contribution in [-0.2, 0) is 4.79 Å². The third-order valence-electron chi connectivity index (χ3n) is 3.96. The van der Waals surface area contributed by atoms with Crippen LogP contribution in [0.2, 0.25) is 0 Å². The molecule has 0 saturated heterocycles. The zero-order chi connectivity index (χ0) is 18.9. The van der Waals surface area contributed by atoms with Crippen LogP contribution in [0.3, 0.4) is 0 Å². The van der Waals surface area contributed by atoms with Crippen LogP contribution in [0.5, 0.6) is 0 Å². The number of hydrogen-bond acceptors (Lipinski definition) is 4. The Morgan fingerprint density at radius 2 is 1.69 bits per heavy atom. The molecule has 26 heavy (non-hydrogen) atoms. The van der Waals surface area contributed by atoms with E-state index in [9.17, 15) is 9.90 Å². The summed E-state index contributed by atoms with van der Waals surface area (Å²) in [5.74, 6) is -0.698. The first-order valence-corrected chi connectivity index (χ1v) is 8.59. The zero-order valence-electron chi connectivity index (χ0n) is 15.5. The Morgan fingerprint density at radius 3 is 2.23 bits per heavy atom. The number of aryl methyl sites for hydroxylation is 1. The van der Waals surface area contributed by atoms with Gasteiger partial charge in [0.15, 0.2) is 11.8 Å². The summed E-state index contributed by atoms with van der Waals surface area (Å²) >= 11 is 0. The summed E-state index contributed by atoms with van der Waals surface area (Å²) < 4.78 is 0. The predicted molar refractivity (Wildman–Crippen MR) is 102 cm³/mol. The lowest BCUT2D eigenvalue weighted by Crippen LogP contribution is -2.25. The second-order valence-electron chi connectivity index (χ2n) is 7.59. The Balaban J connectivity index is 2.13. The van der Waals surface area contributed by atoms with Crippen molar-refractivity contribution in [3.63, 3.8) is 0 Å². The molecule has 1 aromatic heterocycles. The number of ketones is 1. The highest BCUT2D eigenvalue weighted by molar-refractivity contribution is 5.98. The molecule has 1 N–H and O–H groups in total. The molecule has 0 aliphatic rings. The van der Waals surface area contributed by atoms with Gasteiger partial charge < -0.3 is 5.11 Å². The van der Waals surface area contributed by atoms with E-state index >= 15 is 0 Å². The quantitative estimate of drug-likeness (QED) is 0.560. The number of aliphatic hydroxyl groups excluding tert-OH is 1. The second kappa shape index (κ2) is 6.75. The maximum atomic E-state index is 13.1. The number of fused-ring (bicyclic) bond motifs is 1. The number of benzene rings is 2. The fourth-order valence-electron chi connectivity index (χ4n) is 2.84. The van der Waals surface area contributed by atoms with Gasteiger partial charge in [0.05, 0.1) is 0 Å². The van der Waals surface area contributed by atoms with Crippen molar-refractivity contribution in [1.29, 1.82) is 0 Å². The van der Waals surface area contributed by atoms with Gasteiger partial charge in [-0.3, -0.25) is 4.79 Å². The van der Waals surface area contributed by atoms with E-state index in [1.165, 1.54) is 4.80 Å². The van der Waals surface area contributed by atoms with Crippen molar-refractivity contribution in [1.82, 2.24) is 15.0 Å². The summed E-state index contributed by atoms with van der Waals surface area (Å²) in [5, 5.41) is 19.4. The van der Waals surface area contributed by atoms with Crippen LogP contribution < -0.4 is 0 Å². The SMILES string of the molecule is Cc1cccc(C(C(=O)C(O)=CC(C)(C)C)n2nc3ccccc3n2)c1. The molecule has 5 heteroatoms. The van der Waals surface area contributed by atoms with Crippen LogP contribution in [0, 0.1) is 12.3 Å². The Hall–Kier alpha value is -2.95. The fraction of sp³-hybridized carbons (Fsp3) is 0.286. The first-order valence-electron chi connectivity index (χ1n) is 8.59. The molecule has 134 valence electrons. The minimum atomic E-state index is -0.819. The van der Waals surface area contributed by atoms with Gasteiger partial charge in [0.1, 0.15) is 11.0 Å². The molecule has 0 fully saturated rings. The summed E-state index contributed by atoms with van der Waals surface area (Å²) in [6.07, 6.45) is 1.57. The molecule has 3 aromatic rings. The second-order valence-corrected chi connectivity index (χ2v) is 7.59. The van der Waals surface area contributed by atoms with Crippen molar-refractivity contribution in [2.24, 2.45) is 5.41 Å². The molecule has 0 radical (unpaired) electrons. The molecule has 0 aliphatic heterocycles. The van der Waals surface area contributed by atoms with E-state index < -0.39 is 11.8 Å². The molecule has 3 rings (SSSR count). The van der Waals surface area contributed by atoms with Crippen LogP contribution >= 0.6 is 0 Å². The van der Waals surface area contributed by atoms with Gasteiger partial charge in [0.2, 0.25) is 5.78 Å². The Labute approximate surface area is 153 Å². The smallest absolute Gasteiger partial charge is 0.227 e. The number of aromatic nitrogens is 3. The van der Waals surface area contributed by atoms with E-state index in [-0.39, 0.29) is 11.2 Å². The molecule has 5 nitrogen and oxygen atoms in total. The van der Waals surface area contributed by atoms with Gasteiger partial charge in [-0.25, -0.2) is 0 Å². The molecule has 2 aromatic carbocycles. The third-order valence-corrected chi connectivity index (χ3v) is 3.96.